The number of rotatable bonds is 4. The monoisotopic (exact) mass is 507 g/mol. The lowest BCUT2D eigenvalue weighted by atomic mass is 9.97. The summed E-state index contributed by atoms with van der Waals surface area (Å²) in [7, 11) is 0. The molecule has 1 amide bonds. The number of nitriles is 2. The summed E-state index contributed by atoms with van der Waals surface area (Å²) in [5.41, 5.74) is 4.68. The van der Waals surface area contributed by atoms with Crippen LogP contribution in [0.4, 0.5) is 0 Å². The molecule has 8 nitrogen and oxygen atoms in total. The predicted octanol–water partition coefficient (Wildman–Crippen LogP) is 5.12. The van der Waals surface area contributed by atoms with Gasteiger partial charge < -0.3 is 4.90 Å². The van der Waals surface area contributed by atoms with Gasteiger partial charge in [0.05, 0.1) is 34.6 Å². The van der Waals surface area contributed by atoms with Gasteiger partial charge in [0.2, 0.25) is 5.91 Å². The lowest BCUT2D eigenvalue weighted by molar-refractivity contribution is -0.133. The number of nitrogens with zero attached hydrogens (tertiary/aromatic N) is 7. The first-order chi connectivity index (χ1) is 18.0. The van der Waals surface area contributed by atoms with Crippen molar-refractivity contribution in [3.05, 3.63) is 65.7 Å². The Labute approximate surface area is 219 Å². The van der Waals surface area contributed by atoms with Crippen molar-refractivity contribution in [1.29, 1.82) is 10.5 Å². The average molecular weight is 508 g/mol. The summed E-state index contributed by atoms with van der Waals surface area (Å²) in [6, 6.07) is 14.9. The molecule has 0 spiro atoms. The molecule has 184 valence electrons. The molecule has 2 aliphatic heterocycles. The highest BCUT2D eigenvalue weighted by molar-refractivity contribution is 7.99. The number of aryl methyl sites for hydroxylation is 1. The predicted molar refractivity (Wildman–Crippen MR) is 139 cm³/mol. The summed E-state index contributed by atoms with van der Waals surface area (Å²) < 4.78 is 3.83. The summed E-state index contributed by atoms with van der Waals surface area (Å²) in [5, 5.41) is 28.6. The molecule has 5 heterocycles. The fraction of sp³-hybridized carbons (Fsp3) is 0.321. The SMILES string of the molecule is CC(=O)N1[C@@H]2CC[C@H]1CC(n1cc(-c3cc(Sc4ccccc4C#N)c4c(C#N)cnn4c3)c(C)n1)C2. The Balaban J connectivity index is 1.39. The Hall–Kier alpha value is -4.08. The molecular weight excluding hydrogens is 482 g/mol. The largest absolute Gasteiger partial charge is 0.337 e. The van der Waals surface area contributed by atoms with Gasteiger partial charge >= 0.3 is 0 Å². The van der Waals surface area contributed by atoms with Crippen molar-refractivity contribution in [2.24, 2.45) is 0 Å². The molecule has 1 aromatic carbocycles. The Morgan fingerprint density at radius 2 is 1.76 bits per heavy atom. The number of amides is 1. The highest BCUT2D eigenvalue weighted by atomic mass is 32.2. The smallest absolute Gasteiger partial charge is 0.219 e. The second-order valence-electron chi connectivity index (χ2n) is 9.81. The normalized spacial score (nSPS) is 20.6. The van der Waals surface area contributed by atoms with E-state index in [1.807, 2.05) is 31.3 Å². The highest BCUT2D eigenvalue weighted by Crippen LogP contribution is 2.42. The van der Waals surface area contributed by atoms with Crippen LogP contribution in [0.5, 0.6) is 0 Å². The highest BCUT2D eigenvalue weighted by Gasteiger charge is 2.42. The molecule has 2 aliphatic rings. The molecule has 0 aliphatic carbocycles. The summed E-state index contributed by atoms with van der Waals surface area (Å²) in [6.45, 7) is 3.69. The molecule has 2 saturated heterocycles. The van der Waals surface area contributed by atoms with E-state index in [4.69, 9.17) is 5.10 Å². The average Bonchev–Trinajstić information content (AvgIpc) is 3.57. The molecule has 3 aromatic heterocycles. The number of hydrogen-bond donors (Lipinski definition) is 0. The van der Waals surface area contributed by atoms with Gasteiger partial charge in [0.15, 0.2) is 0 Å². The van der Waals surface area contributed by atoms with Crippen molar-refractivity contribution in [2.45, 2.75) is 67.4 Å². The minimum Gasteiger partial charge on any atom is -0.337 e. The zero-order chi connectivity index (χ0) is 25.7. The minimum absolute atomic E-state index is 0.176. The number of hydrogen-bond acceptors (Lipinski definition) is 6. The lowest BCUT2D eigenvalue weighted by Gasteiger charge is -2.38. The first-order valence-corrected chi connectivity index (χ1v) is 13.2. The summed E-state index contributed by atoms with van der Waals surface area (Å²) in [4.78, 5) is 15.9. The van der Waals surface area contributed by atoms with Crippen LogP contribution in [-0.4, -0.2) is 42.3 Å². The molecule has 0 N–H and O–H groups in total. The van der Waals surface area contributed by atoms with Gasteiger partial charge in [-0.15, -0.1) is 0 Å². The molecule has 4 aromatic rings. The van der Waals surface area contributed by atoms with Crippen molar-refractivity contribution in [1.82, 2.24) is 24.3 Å². The van der Waals surface area contributed by atoms with E-state index in [-0.39, 0.29) is 11.9 Å². The maximum absolute atomic E-state index is 12.1. The third kappa shape index (κ3) is 3.96. The molecule has 0 saturated carbocycles. The van der Waals surface area contributed by atoms with Crippen LogP contribution in [0.2, 0.25) is 0 Å². The van der Waals surface area contributed by atoms with E-state index >= 15 is 0 Å². The van der Waals surface area contributed by atoms with Crippen molar-refractivity contribution < 1.29 is 4.79 Å². The zero-order valence-corrected chi connectivity index (χ0v) is 21.4. The third-order valence-electron chi connectivity index (χ3n) is 7.60. The second-order valence-corrected chi connectivity index (χ2v) is 10.9. The van der Waals surface area contributed by atoms with E-state index in [1.54, 1.807) is 23.7 Å². The van der Waals surface area contributed by atoms with E-state index in [1.165, 1.54) is 11.8 Å². The summed E-state index contributed by atoms with van der Waals surface area (Å²) in [6.07, 6.45) is 9.60. The van der Waals surface area contributed by atoms with Crippen molar-refractivity contribution in [2.75, 3.05) is 0 Å². The number of carbonyl (C=O) groups excluding carboxylic acids is 1. The number of pyridine rings is 1. The van der Waals surface area contributed by atoms with Crippen molar-refractivity contribution in [3.8, 4) is 23.3 Å². The fourth-order valence-corrected chi connectivity index (χ4v) is 7.08. The Morgan fingerprint density at radius 1 is 1.03 bits per heavy atom. The standard InChI is InChI=1S/C28H25N7OS/c1-17-25(16-33(32-17)24-10-22-7-8-23(11-24)35(22)18(2)36)20-9-27(28-21(13-30)14-31-34(28)15-20)37-26-6-4-3-5-19(26)12-29/h3-6,9,14-16,22-24H,7-8,10-11H2,1-2H3/t22-,23+,24?. The van der Waals surface area contributed by atoms with Crippen LogP contribution in [0.1, 0.15) is 55.5 Å². The van der Waals surface area contributed by atoms with Crippen LogP contribution in [-0.2, 0) is 4.79 Å². The molecular formula is C28H25N7OS. The second kappa shape index (κ2) is 9.10. The van der Waals surface area contributed by atoms with Crippen molar-refractivity contribution in [3.63, 3.8) is 0 Å². The molecule has 37 heavy (non-hydrogen) atoms. The maximum atomic E-state index is 12.1. The Kier molecular flexibility index (Phi) is 5.73. The first kappa shape index (κ1) is 23.3. The van der Waals surface area contributed by atoms with Crippen molar-refractivity contribution >= 4 is 23.2 Å². The van der Waals surface area contributed by atoms with E-state index < -0.39 is 0 Å². The topological polar surface area (TPSA) is 103 Å². The zero-order valence-electron chi connectivity index (χ0n) is 20.6. The Bertz CT molecular complexity index is 1610. The summed E-state index contributed by atoms with van der Waals surface area (Å²) >= 11 is 1.46. The number of piperidine rings is 1. The van der Waals surface area contributed by atoms with Crippen LogP contribution < -0.4 is 0 Å². The molecule has 3 atom stereocenters. The third-order valence-corrected chi connectivity index (χ3v) is 8.71. The summed E-state index contributed by atoms with van der Waals surface area (Å²) in [5.74, 6) is 0.176. The van der Waals surface area contributed by atoms with Gasteiger partial charge in [0, 0.05) is 52.3 Å². The van der Waals surface area contributed by atoms with Gasteiger partial charge in [-0.05, 0) is 50.8 Å². The number of carbonyl (C=O) groups is 1. The van der Waals surface area contributed by atoms with Gasteiger partial charge in [-0.3, -0.25) is 9.48 Å². The van der Waals surface area contributed by atoms with Gasteiger partial charge in [0.25, 0.3) is 0 Å². The minimum atomic E-state index is 0.176. The van der Waals surface area contributed by atoms with Crippen LogP contribution in [0, 0.1) is 29.6 Å². The van der Waals surface area contributed by atoms with E-state index in [0.29, 0.717) is 23.2 Å². The molecule has 9 heteroatoms. The van der Waals surface area contributed by atoms with E-state index in [9.17, 15) is 15.3 Å². The van der Waals surface area contributed by atoms with E-state index in [0.717, 1.165) is 57.8 Å². The van der Waals surface area contributed by atoms with Gasteiger partial charge in [-0.2, -0.15) is 20.7 Å². The molecule has 2 bridgehead atoms. The molecule has 0 radical (unpaired) electrons. The first-order valence-electron chi connectivity index (χ1n) is 12.4. The van der Waals surface area contributed by atoms with Crippen LogP contribution in [0.3, 0.4) is 0 Å². The van der Waals surface area contributed by atoms with E-state index in [2.05, 4.69) is 39.1 Å². The molecule has 1 unspecified atom stereocenters. The Morgan fingerprint density at radius 3 is 2.46 bits per heavy atom. The molecule has 2 fully saturated rings. The molecule has 6 rings (SSSR count). The van der Waals surface area contributed by atoms with Gasteiger partial charge in [0.1, 0.15) is 12.1 Å². The van der Waals surface area contributed by atoms with Crippen LogP contribution in [0.25, 0.3) is 16.6 Å². The quantitative estimate of drug-likeness (QED) is 0.380. The lowest BCUT2D eigenvalue weighted by Crippen LogP contribution is -2.46. The number of benzene rings is 1. The fourth-order valence-electron chi connectivity index (χ4n) is 5.99. The van der Waals surface area contributed by atoms with Gasteiger partial charge in [-0.25, -0.2) is 4.52 Å². The van der Waals surface area contributed by atoms with Crippen LogP contribution >= 0.6 is 11.8 Å². The van der Waals surface area contributed by atoms with Gasteiger partial charge in [-0.1, -0.05) is 23.9 Å². The van der Waals surface area contributed by atoms with Crippen LogP contribution in [0.15, 0.2) is 58.7 Å². The number of aromatic nitrogens is 4. The maximum Gasteiger partial charge on any atom is 0.219 e. The number of fused-ring (bicyclic) bond motifs is 3.